The monoisotopic (exact) mass is 357 g/mol. The molecular weight excluding hydrogens is 345 g/mol. The van der Waals surface area contributed by atoms with Crippen LogP contribution in [0.4, 0.5) is 10.2 Å². The fourth-order valence-corrected chi connectivity index (χ4v) is 3.26. The molecule has 2 aromatic carbocycles. The van der Waals surface area contributed by atoms with Gasteiger partial charge in [-0.15, -0.1) is 0 Å². The highest BCUT2D eigenvalue weighted by Crippen LogP contribution is 2.39. The lowest BCUT2D eigenvalue weighted by Gasteiger charge is -2.42. The summed E-state index contributed by atoms with van der Waals surface area (Å²) < 4.78 is 14.3. The highest BCUT2D eigenvalue weighted by Gasteiger charge is 2.31. The lowest BCUT2D eigenvalue weighted by atomic mass is 9.94. The quantitative estimate of drug-likeness (QED) is 0.676. The molecule has 0 amide bonds. The summed E-state index contributed by atoms with van der Waals surface area (Å²) in [5, 5.41) is 0.754. The number of rotatable bonds is 2. The smallest absolute Gasteiger partial charge is 0.140 e. The lowest BCUT2D eigenvalue weighted by molar-refractivity contribution is 0.462. The Kier molecular flexibility index (Phi) is 3.30. The number of hydrogen-bond acceptors (Lipinski definition) is 3. The van der Waals surface area contributed by atoms with Gasteiger partial charge in [0.1, 0.15) is 18.0 Å². The van der Waals surface area contributed by atoms with Crippen LogP contribution in [0.2, 0.25) is 0 Å². The van der Waals surface area contributed by atoms with E-state index in [2.05, 4.69) is 42.9 Å². The number of benzene rings is 2. The average Bonchev–Trinajstić information content (AvgIpc) is 2.49. The Labute approximate surface area is 135 Å². The second-order valence-electron chi connectivity index (χ2n) is 5.39. The van der Waals surface area contributed by atoms with Crippen LogP contribution in [0.1, 0.15) is 18.0 Å². The van der Waals surface area contributed by atoms with Crippen molar-refractivity contribution in [1.29, 1.82) is 0 Å². The van der Waals surface area contributed by atoms with Crippen molar-refractivity contribution in [2.45, 2.75) is 12.5 Å². The molecule has 0 N–H and O–H groups in total. The van der Waals surface area contributed by atoms with Gasteiger partial charge in [-0.2, -0.15) is 0 Å². The van der Waals surface area contributed by atoms with Crippen molar-refractivity contribution < 1.29 is 4.39 Å². The van der Waals surface area contributed by atoms with Crippen LogP contribution >= 0.6 is 15.9 Å². The standard InChI is InChI=1S/C17H13BrFN3/c18-13-9-15-12(8-14(13)19)17(21-10-20-15)22-7-6-16(22)11-4-2-1-3-5-11/h1-5,8-10,16H,6-7H2. The van der Waals surface area contributed by atoms with E-state index in [4.69, 9.17) is 0 Å². The molecule has 5 heteroatoms. The Morgan fingerprint density at radius 2 is 1.95 bits per heavy atom. The third kappa shape index (κ3) is 2.16. The Bertz CT molecular complexity index is 838. The molecule has 0 radical (unpaired) electrons. The van der Waals surface area contributed by atoms with Gasteiger partial charge in [0.2, 0.25) is 0 Å². The Hall–Kier alpha value is -2.01. The minimum atomic E-state index is -0.291. The van der Waals surface area contributed by atoms with E-state index < -0.39 is 0 Å². The van der Waals surface area contributed by atoms with Crippen molar-refractivity contribution >= 4 is 32.7 Å². The largest absolute Gasteiger partial charge is 0.349 e. The molecule has 0 bridgehead atoms. The van der Waals surface area contributed by atoms with Crippen molar-refractivity contribution in [3.05, 3.63) is 64.6 Å². The molecule has 22 heavy (non-hydrogen) atoms. The first kappa shape index (κ1) is 13.6. The zero-order valence-corrected chi connectivity index (χ0v) is 13.3. The van der Waals surface area contributed by atoms with Gasteiger partial charge in [0.05, 0.1) is 16.0 Å². The Balaban J connectivity index is 1.80. The first-order valence-corrected chi connectivity index (χ1v) is 7.94. The average molecular weight is 358 g/mol. The van der Waals surface area contributed by atoms with Crippen LogP contribution in [0.15, 0.2) is 53.3 Å². The van der Waals surface area contributed by atoms with Crippen molar-refractivity contribution in [3.8, 4) is 0 Å². The molecule has 1 fully saturated rings. The molecule has 1 atom stereocenters. The van der Waals surface area contributed by atoms with Gasteiger partial charge in [-0.1, -0.05) is 30.3 Å². The molecule has 1 saturated heterocycles. The number of nitrogens with zero attached hydrogens (tertiary/aromatic N) is 3. The fourth-order valence-electron chi connectivity index (χ4n) is 2.93. The highest BCUT2D eigenvalue weighted by molar-refractivity contribution is 9.10. The van der Waals surface area contributed by atoms with Gasteiger partial charge in [0.15, 0.2) is 0 Å². The van der Waals surface area contributed by atoms with Crippen molar-refractivity contribution in [1.82, 2.24) is 9.97 Å². The third-order valence-corrected chi connectivity index (χ3v) is 4.74. The molecule has 2 heterocycles. The summed E-state index contributed by atoms with van der Waals surface area (Å²) in [6.07, 6.45) is 2.62. The zero-order chi connectivity index (χ0) is 15.1. The maximum absolute atomic E-state index is 13.9. The highest BCUT2D eigenvalue weighted by atomic mass is 79.9. The Morgan fingerprint density at radius 1 is 1.14 bits per heavy atom. The van der Waals surface area contributed by atoms with E-state index >= 15 is 0 Å². The molecule has 0 spiro atoms. The van der Waals surface area contributed by atoms with E-state index in [0.29, 0.717) is 10.5 Å². The fraction of sp³-hybridized carbons (Fsp3) is 0.176. The molecular formula is C17H13BrFN3. The van der Waals surface area contributed by atoms with Crippen LogP contribution in [0.5, 0.6) is 0 Å². The van der Waals surface area contributed by atoms with Gasteiger partial charge in [0, 0.05) is 11.9 Å². The second-order valence-corrected chi connectivity index (χ2v) is 6.24. The van der Waals surface area contributed by atoms with Gasteiger partial charge < -0.3 is 4.90 Å². The third-order valence-electron chi connectivity index (χ3n) is 4.13. The van der Waals surface area contributed by atoms with Crippen molar-refractivity contribution in [2.24, 2.45) is 0 Å². The number of anilines is 1. The number of hydrogen-bond donors (Lipinski definition) is 0. The molecule has 3 nitrogen and oxygen atoms in total. The van der Waals surface area contributed by atoms with E-state index in [0.717, 1.165) is 29.7 Å². The normalized spacial score (nSPS) is 17.5. The molecule has 1 aliphatic rings. The number of aromatic nitrogens is 2. The van der Waals surface area contributed by atoms with Crippen molar-refractivity contribution in [2.75, 3.05) is 11.4 Å². The SMILES string of the molecule is Fc1cc2c(N3CCC3c3ccccc3)ncnc2cc1Br. The van der Waals surface area contributed by atoms with E-state index in [9.17, 15) is 4.39 Å². The van der Waals surface area contributed by atoms with Crippen LogP contribution in [-0.4, -0.2) is 16.5 Å². The van der Waals surface area contributed by atoms with E-state index in [1.54, 1.807) is 12.4 Å². The zero-order valence-electron chi connectivity index (χ0n) is 11.7. The molecule has 1 unspecified atom stereocenters. The summed E-state index contributed by atoms with van der Waals surface area (Å²) in [6, 6.07) is 13.9. The summed E-state index contributed by atoms with van der Waals surface area (Å²) in [7, 11) is 0. The summed E-state index contributed by atoms with van der Waals surface area (Å²) in [4.78, 5) is 10.9. The number of halogens is 2. The number of fused-ring (bicyclic) bond motifs is 1. The predicted molar refractivity (Wildman–Crippen MR) is 88.3 cm³/mol. The maximum atomic E-state index is 13.9. The van der Waals surface area contributed by atoms with Crippen LogP contribution in [-0.2, 0) is 0 Å². The summed E-state index contributed by atoms with van der Waals surface area (Å²) in [5.41, 5.74) is 2.01. The first-order valence-electron chi connectivity index (χ1n) is 7.15. The van der Waals surface area contributed by atoms with Crippen LogP contribution in [0.3, 0.4) is 0 Å². The van der Waals surface area contributed by atoms with Crippen LogP contribution in [0, 0.1) is 5.82 Å². The van der Waals surface area contributed by atoms with Gasteiger partial charge >= 0.3 is 0 Å². The van der Waals surface area contributed by atoms with Gasteiger partial charge in [0.25, 0.3) is 0 Å². The van der Waals surface area contributed by atoms with Crippen molar-refractivity contribution in [3.63, 3.8) is 0 Å². The van der Waals surface area contributed by atoms with E-state index in [1.165, 1.54) is 11.6 Å². The van der Waals surface area contributed by atoms with Gasteiger partial charge in [-0.3, -0.25) is 0 Å². The van der Waals surface area contributed by atoms with Gasteiger partial charge in [-0.25, -0.2) is 14.4 Å². The lowest BCUT2D eigenvalue weighted by Crippen LogP contribution is -2.41. The summed E-state index contributed by atoms with van der Waals surface area (Å²) >= 11 is 3.21. The second kappa shape index (κ2) is 5.32. The van der Waals surface area contributed by atoms with Crippen LogP contribution < -0.4 is 4.90 Å². The van der Waals surface area contributed by atoms with E-state index in [1.807, 2.05) is 18.2 Å². The predicted octanol–water partition coefficient (Wildman–Crippen LogP) is 4.48. The molecule has 4 rings (SSSR count). The molecule has 0 aliphatic carbocycles. The molecule has 1 aliphatic heterocycles. The van der Waals surface area contributed by atoms with Gasteiger partial charge in [-0.05, 0) is 40.0 Å². The minimum absolute atomic E-state index is 0.291. The molecule has 1 aromatic heterocycles. The minimum Gasteiger partial charge on any atom is -0.349 e. The summed E-state index contributed by atoms with van der Waals surface area (Å²) in [5.74, 6) is 0.511. The first-order chi connectivity index (χ1) is 10.7. The molecule has 110 valence electrons. The maximum Gasteiger partial charge on any atom is 0.140 e. The molecule has 0 saturated carbocycles. The van der Waals surface area contributed by atoms with Crippen LogP contribution in [0.25, 0.3) is 10.9 Å². The molecule has 3 aromatic rings. The Morgan fingerprint density at radius 3 is 2.68 bits per heavy atom. The summed E-state index contributed by atoms with van der Waals surface area (Å²) in [6.45, 7) is 0.920. The topological polar surface area (TPSA) is 29.0 Å². The van der Waals surface area contributed by atoms with E-state index in [-0.39, 0.29) is 5.82 Å².